The summed E-state index contributed by atoms with van der Waals surface area (Å²) in [6, 6.07) is -1.44. The summed E-state index contributed by atoms with van der Waals surface area (Å²) in [5.74, 6) is -1.24. The number of ketones is 1. The summed E-state index contributed by atoms with van der Waals surface area (Å²) in [6.45, 7) is 1.62. The second-order valence-electron chi connectivity index (χ2n) is 7.34. The number of unbranched alkanes of at least 4 members (excludes halogenated alkanes) is 8. The number of hydrogen-bond donors (Lipinski definition) is 3. The van der Waals surface area contributed by atoms with E-state index in [2.05, 4.69) is 12.1 Å². The first-order valence-corrected chi connectivity index (χ1v) is 10.5. The lowest BCUT2D eigenvalue weighted by Crippen LogP contribution is -2.48. The quantitative estimate of drug-likeness (QED) is 0.170. The molecule has 0 aromatic heterocycles. The van der Waals surface area contributed by atoms with Crippen LogP contribution in [0.4, 0.5) is 0 Å². The van der Waals surface area contributed by atoms with Crippen molar-refractivity contribution in [2.45, 2.75) is 102 Å². The zero-order valence-corrected chi connectivity index (χ0v) is 17.1. The second-order valence-corrected chi connectivity index (χ2v) is 7.34. The Labute approximate surface area is 168 Å². The molecular formula is C21H37NO6. The van der Waals surface area contributed by atoms with Gasteiger partial charge in [-0.3, -0.25) is 4.79 Å². The Morgan fingerprint density at radius 1 is 1.00 bits per heavy atom. The minimum Gasteiger partial charge on any atom is -0.479 e. The average molecular weight is 400 g/mol. The Morgan fingerprint density at radius 3 is 2.07 bits per heavy atom. The SMILES string of the molecule is CCCCCCCC(=O)CCCCCC/C=C/[C@H](N=O)[C@@](O)(CCO)C(=O)O. The minimum absolute atomic E-state index is 0.341. The van der Waals surface area contributed by atoms with Crippen molar-refractivity contribution in [2.75, 3.05) is 6.61 Å². The number of nitroso groups, excluding NO2 is 1. The predicted octanol–water partition coefficient (Wildman–Crippen LogP) is 4.15. The van der Waals surface area contributed by atoms with Gasteiger partial charge in [0.05, 0.1) is 0 Å². The highest BCUT2D eigenvalue weighted by molar-refractivity contribution is 5.79. The van der Waals surface area contributed by atoms with E-state index in [1.807, 2.05) is 0 Å². The number of allylic oxidation sites excluding steroid dienone is 1. The first-order valence-electron chi connectivity index (χ1n) is 10.5. The van der Waals surface area contributed by atoms with E-state index >= 15 is 0 Å². The summed E-state index contributed by atoms with van der Waals surface area (Å²) in [5, 5.41) is 30.7. The molecule has 0 aliphatic rings. The number of hydrogen-bond acceptors (Lipinski definition) is 6. The van der Waals surface area contributed by atoms with Crippen molar-refractivity contribution in [1.82, 2.24) is 0 Å². The van der Waals surface area contributed by atoms with Crippen LogP contribution < -0.4 is 0 Å². The Kier molecular flexibility index (Phi) is 15.4. The summed E-state index contributed by atoms with van der Waals surface area (Å²) in [6.07, 6.45) is 13.8. The van der Waals surface area contributed by atoms with Gasteiger partial charge in [-0.05, 0) is 25.7 Å². The van der Waals surface area contributed by atoms with Crippen molar-refractivity contribution in [2.24, 2.45) is 5.18 Å². The molecule has 7 heteroatoms. The summed E-state index contributed by atoms with van der Waals surface area (Å²) in [7, 11) is 0. The third-order valence-electron chi connectivity index (χ3n) is 4.92. The van der Waals surface area contributed by atoms with Crippen LogP contribution in [0.5, 0.6) is 0 Å². The topological polar surface area (TPSA) is 124 Å². The first kappa shape index (κ1) is 26.4. The molecule has 0 bridgehead atoms. The Balaban J connectivity index is 3.93. The number of Topliss-reactive ketones (excluding diaryl/α,β-unsaturated/α-hetero) is 1. The van der Waals surface area contributed by atoms with Crippen LogP contribution in [0.2, 0.25) is 0 Å². The predicted molar refractivity (Wildman–Crippen MR) is 109 cm³/mol. The maximum absolute atomic E-state index is 11.8. The Hall–Kier alpha value is -1.60. The van der Waals surface area contributed by atoms with Crippen molar-refractivity contribution < 1.29 is 24.9 Å². The van der Waals surface area contributed by atoms with Gasteiger partial charge in [-0.1, -0.05) is 62.8 Å². The van der Waals surface area contributed by atoms with E-state index in [0.29, 0.717) is 25.0 Å². The summed E-state index contributed by atoms with van der Waals surface area (Å²) in [4.78, 5) is 33.8. The fourth-order valence-electron chi connectivity index (χ4n) is 3.05. The second kappa shape index (κ2) is 16.4. The smallest absolute Gasteiger partial charge is 0.338 e. The molecular weight excluding hydrogens is 362 g/mol. The monoisotopic (exact) mass is 399 g/mol. The van der Waals surface area contributed by atoms with Gasteiger partial charge in [-0.2, -0.15) is 4.91 Å². The highest BCUT2D eigenvalue weighted by Crippen LogP contribution is 2.21. The van der Waals surface area contributed by atoms with Gasteiger partial charge in [0.1, 0.15) is 11.8 Å². The molecule has 0 radical (unpaired) electrons. The van der Waals surface area contributed by atoms with Crippen LogP contribution in [0.15, 0.2) is 17.3 Å². The molecule has 162 valence electrons. The van der Waals surface area contributed by atoms with Crippen molar-refractivity contribution in [3.05, 3.63) is 17.1 Å². The maximum atomic E-state index is 11.8. The van der Waals surface area contributed by atoms with Crippen molar-refractivity contribution in [3.8, 4) is 0 Å². The number of carbonyl (C=O) groups is 2. The van der Waals surface area contributed by atoms with Crippen LogP contribution in [0.1, 0.15) is 90.4 Å². The van der Waals surface area contributed by atoms with Crippen LogP contribution in [-0.4, -0.2) is 45.3 Å². The standard InChI is InChI=1S/C21H37NO6/c1-2-3-4-7-10-13-18(24)14-11-8-5-6-9-12-15-19(22-28)21(27,16-17-23)20(25)26/h12,15,19,23,27H,2-11,13-14,16-17H2,1H3,(H,25,26)/b15-12+/t19-,21-/m0/s1. The normalized spacial score (nSPS) is 14.7. The number of carboxylic acids is 1. The van der Waals surface area contributed by atoms with E-state index in [4.69, 9.17) is 10.2 Å². The van der Waals surface area contributed by atoms with Gasteiger partial charge >= 0.3 is 5.97 Å². The van der Waals surface area contributed by atoms with Crippen LogP contribution >= 0.6 is 0 Å². The zero-order chi connectivity index (χ0) is 21.3. The molecule has 2 atom stereocenters. The fourth-order valence-corrected chi connectivity index (χ4v) is 3.05. The summed E-state index contributed by atoms with van der Waals surface area (Å²) >= 11 is 0. The molecule has 0 saturated carbocycles. The number of nitrogens with zero attached hydrogens (tertiary/aromatic N) is 1. The molecule has 0 unspecified atom stereocenters. The number of aliphatic hydroxyl groups is 2. The van der Waals surface area contributed by atoms with E-state index in [0.717, 1.165) is 38.5 Å². The number of carbonyl (C=O) groups excluding carboxylic acids is 1. The number of carboxylic acid groups (broad SMARTS) is 1. The third kappa shape index (κ3) is 11.3. The third-order valence-corrected chi connectivity index (χ3v) is 4.92. The van der Waals surface area contributed by atoms with E-state index in [-0.39, 0.29) is 0 Å². The van der Waals surface area contributed by atoms with E-state index in [1.54, 1.807) is 6.08 Å². The van der Waals surface area contributed by atoms with E-state index < -0.39 is 30.6 Å². The molecule has 0 rings (SSSR count). The zero-order valence-electron chi connectivity index (χ0n) is 17.1. The Bertz CT molecular complexity index is 480. The molecule has 3 N–H and O–H groups in total. The highest BCUT2D eigenvalue weighted by atomic mass is 16.4. The van der Waals surface area contributed by atoms with Gasteiger partial charge in [-0.25, -0.2) is 4.79 Å². The van der Waals surface area contributed by atoms with Gasteiger partial charge < -0.3 is 15.3 Å². The minimum atomic E-state index is -2.39. The Morgan fingerprint density at radius 2 is 1.57 bits per heavy atom. The number of aliphatic carboxylic acids is 1. The molecule has 0 saturated heterocycles. The molecule has 28 heavy (non-hydrogen) atoms. The van der Waals surface area contributed by atoms with Crippen molar-refractivity contribution >= 4 is 11.8 Å². The van der Waals surface area contributed by atoms with Gasteiger partial charge in [0.15, 0.2) is 5.60 Å². The lowest BCUT2D eigenvalue weighted by Gasteiger charge is -2.24. The van der Waals surface area contributed by atoms with Crippen LogP contribution in [-0.2, 0) is 9.59 Å². The van der Waals surface area contributed by atoms with E-state index in [9.17, 15) is 19.6 Å². The van der Waals surface area contributed by atoms with Gasteiger partial charge in [0, 0.05) is 25.9 Å². The molecule has 0 amide bonds. The van der Waals surface area contributed by atoms with Gasteiger partial charge in [0.2, 0.25) is 0 Å². The molecule has 0 aliphatic carbocycles. The molecule has 0 aromatic rings. The lowest BCUT2D eigenvalue weighted by atomic mass is 9.91. The maximum Gasteiger partial charge on any atom is 0.338 e. The lowest BCUT2D eigenvalue weighted by molar-refractivity contribution is -0.161. The largest absolute Gasteiger partial charge is 0.479 e. The summed E-state index contributed by atoms with van der Waals surface area (Å²) < 4.78 is 0. The van der Waals surface area contributed by atoms with Crippen LogP contribution in [0.25, 0.3) is 0 Å². The van der Waals surface area contributed by atoms with Gasteiger partial charge in [0.25, 0.3) is 0 Å². The van der Waals surface area contributed by atoms with Crippen LogP contribution in [0, 0.1) is 4.91 Å². The van der Waals surface area contributed by atoms with Crippen molar-refractivity contribution in [3.63, 3.8) is 0 Å². The highest BCUT2D eigenvalue weighted by Gasteiger charge is 2.43. The molecule has 0 heterocycles. The van der Waals surface area contributed by atoms with Gasteiger partial charge in [-0.15, -0.1) is 0 Å². The number of rotatable bonds is 19. The summed E-state index contributed by atoms with van der Waals surface area (Å²) in [5.41, 5.74) is -2.39. The average Bonchev–Trinajstić information content (AvgIpc) is 2.66. The molecule has 7 nitrogen and oxygen atoms in total. The molecule has 0 aromatic carbocycles. The molecule has 0 aliphatic heterocycles. The molecule has 0 spiro atoms. The van der Waals surface area contributed by atoms with E-state index in [1.165, 1.54) is 25.3 Å². The first-order chi connectivity index (χ1) is 13.4. The van der Waals surface area contributed by atoms with Crippen molar-refractivity contribution in [1.29, 1.82) is 0 Å². The van der Waals surface area contributed by atoms with Crippen LogP contribution in [0.3, 0.4) is 0 Å². The number of aliphatic hydroxyl groups excluding tert-OH is 1. The molecule has 0 fully saturated rings. The fraction of sp³-hybridized carbons (Fsp3) is 0.810.